The Kier molecular flexibility index (Phi) is 5.47. The number of carbonyl (C=O) groups excluding carboxylic acids is 2. The molecule has 1 saturated heterocycles. The lowest BCUT2D eigenvalue weighted by Gasteiger charge is -2.26. The van der Waals surface area contributed by atoms with Crippen LogP contribution in [0.5, 0.6) is 0 Å². The van der Waals surface area contributed by atoms with Gasteiger partial charge in [0.15, 0.2) is 17.7 Å². The molecule has 118 valence electrons. The number of rotatable bonds is 5. The third-order valence-corrected chi connectivity index (χ3v) is 3.73. The molecule has 1 fully saturated rings. The van der Waals surface area contributed by atoms with Crippen LogP contribution in [0.15, 0.2) is 30.3 Å². The third-order valence-electron chi connectivity index (χ3n) is 3.15. The number of cyclic esters (lactones) is 1. The number of carbonyl (C=O) groups is 2. The molecule has 8 heteroatoms. The Morgan fingerprint density at radius 2 is 2.05 bits per heavy atom. The van der Waals surface area contributed by atoms with Crippen molar-refractivity contribution < 1.29 is 23.8 Å². The number of halogens is 1. The second-order valence-electron chi connectivity index (χ2n) is 4.56. The highest BCUT2D eigenvalue weighted by atomic mass is 35.5. The summed E-state index contributed by atoms with van der Waals surface area (Å²) in [6.07, 6.45) is -2.62. The minimum absolute atomic E-state index is 0.000322. The van der Waals surface area contributed by atoms with E-state index in [-0.39, 0.29) is 4.86 Å². The van der Waals surface area contributed by atoms with Gasteiger partial charge in [-0.3, -0.25) is 0 Å². The number of esters is 2. The summed E-state index contributed by atoms with van der Waals surface area (Å²) in [5.74, 6) is -1.50. The highest BCUT2D eigenvalue weighted by molar-refractivity contribution is 7.82. The van der Waals surface area contributed by atoms with Gasteiger partial charge in [0.05, 0.1) is 0 Å². The maximum absolute atomic E-state index is 11.7. The molecule has 2 N–H and O–H groups in total. The summed E-state index contributed by atoms with van der Waals surface area (Å²) in [7, 11) is 1.39. The summed E-state index contributed by atoms with van der Waals surface area (Å²) in [6, 6.07) is 8.76. The molecule has 1 aromatic rings. The van der Waals surface area contributed by atoms with Crippen molar-refractivity contribution in [2.45, 2.75) is 23.8 Å². The van der Waals surface area contributed by atoms with E-state index in [1.807, 2.05) is 0 Å². The number of thiocarbonyl (C=S) groups is 1. The first-order valence-electron chi connectivity index (χ1n) is 6.38. The van der Waals surface area contributed by atoms with E-state index in [1.54, 1.807) is 30.3 Å². The van der Waals surface area contributed by atoms with Crippen molar-refractivity contribution in [1.29, 1.82) is 0 Å². The average molecular weight is 344 g/mol. The van der Waals surface area contributed by atoms with E-state index in [2.05, 4.69) is 0 Å². The number of nitrogens with two attached hydrogens (primary N) is 1. The Morgan fingerprint density at radius 1 is 1.41 bits per heavy atom. The molecule has 0 spiro atoms. The minimum Gasteiger partial charge on any atom is -0.451 e. The molecular weight excluding hydrogens is 330 g/mol. The fourth-order valence-corrected chi connectivity index (χ4v) is 2.46. The molecule has 1 aromatic carbocycles. The van der Waals surface area contributed by atoms with Crippen molar-refractivity contribution in [2.24, 2.45) is 5.73 Å². The van der Waals surface area contributed by atoms with Crippen LogP contribution in [-0.2, 0) is 23.8 Å². The first-order chi connectivity index (χ1) is 10.5. The third kappa shape index (κ3) is 3.44. The van der Waals surface area contributed by atoms with Gasteiger partial charge in [-0.15, -0.1) is 0 Å². The van der Waals surface area contributed by atoms with Crippen molar-refractivity contribution in [3.63, 3.8) is 0 Å². The van der Waals surface area contributed by atoms with Crippen LogP contribution in [0.2, 0.25) is 0 Å². The lowest BCUT2D eigenvalue weighted by atomic mass is 10.00. The predicted octanol–water partition coefficient (Wildman–Crippen LogP) is 1.10. The van der Waals surface area contributed by atoms with E-state index in [1.165, 1.54) is 7.11 Å². The number of benzene rings is 1. The summed E-state index contributed by atoms with van der Waals surface area (Å²) in [4.78, 5) is 23.4. The molecule has 4 atom stereocenters. The van der Waals surface area contributed by atoms with Crippen LogP contribution in [0.3, 0.4) is 0 Å². The molecule has 0 bridgehead atoms. The second kappa shape index (κ2) is 7.15. The average Bonchev–Trinajstić information content (AvgIpc) is 2.80. The highest BCUT2D eigenvalue weighted by Crippen LogP contribution is 2.32. The summed E-state index contributed by atoms with van der Waals surface area (Å²) in [6.45, 7) is 0. The van der Waals surface area contributed by atoms with Gasteiger partial charge in [0.2, 0.25) is 0 Å². The van der Waals surface area contributed by atoms with Gasteiger partial charge >= 0.3 is 11.9 Å². The summed E-state index contributed by atoms with van der Waals surface area (Å²) < 4.78 is 15.7. The van der Waals surface area contributed by atoms with Gasteiger partial charge in [-0.2, -0.15) is 0 Å². The first kappa shape index (κ1) is 16.8. The van der Waals surface area contributed by atoms with E-state index in [4.69, 9.17) is 43.8 Å². The highest BCUT2D eigenvalue weighted by Gasteiger charge is 2.47. The van der Waals surface area contributed by atoms with Crippen molar-refractivity contribution in [2.75, 3.05) is 7.11 Å². The molecule has 22 heavy (non-hydrogen) atoms. The Bertz CT molecular complexity index is 580. The van der Waals surface area contributed by atoms with Gasteiger partial charge in [-0.1, -0.05) is 54.2 Å². The molecule has 0 aliphatic carbocycles. The van der Waals surface area contributed by atoms with Crippen LogP contribution in [-0.4, -0.2) is 41.6 Å². The topological polar surface area (TPSA) is 87.9 Å². The number of methoxy groups -OCH3 is 1. The smallest absolute Gasteiger partial charge is 0.348 e. The Balaban J connectivity index is 2.34. The van der Waals surface area contributed by atoms with E-state index in [0.717, 1.165) is 0 Å². The molecule has 2 rings (SSSR count). The largest absolute Gasteiger partial charge is 0.451 e. The zero-order valence-electron chi connectivity index (χ0n) is 11.6. The lowest BCUT2D eigenvalue weighted by Crippen LogP contribution is -2.38. The van der Waals surface area contributed by atoms with E-state index in [9.17, 15) is 9.59 Å². The van der Waals surface area contributed by atoms with Crippen molar-refractivity contribution >= 4 is 40.6 Å². The Labute approximate surface area is 137 Å². The molecule has 1 aliphatic rings. The molecule has 0 aromatic heterocycles. The zero-order chi connectivity index (χ0) is 16.3. The van der Waals surface area contributed by atoms with E-state index >= 15 is 0 Å². The summed E-state index contributed by atoms with van der Waals surface area (Å²) in [5.41, 5.74) is 4.59. The van der Waals surface area contributed by atoms with Gasteiger partial charge in [-0.05, 0) is 5.56 Å². The standard InChI is InChI=1S/C14H14ClNO5S/c1-19-10-9(21-13(17)11(10)22)8(20-14(18)12(15)16)7-5-3-2-4-6-7/h2-6,8-10,12H,16H2,1H3. The molecule has 0 amide bonds. The zero-order valence-corrected chi connectivity index (χ0v) is 13.2. The monoisotopic (exact) mass is 343 g/mol. The van der Waals surface area contributed by atoms with Crippen molar-refractivity contribution in [3.05, 3.63) is 35.9 Å². The van der Waals surface area contributed by atoms with Crippen LogP contribution < -0.4 is 5.73 Å². The Hall–Kier alpha value is -1.54. The molecule has 0 saturated carbocycles. The molecular formula is C14H14ClNO5S. The molecule has 6 nitrogen and oxygen atoms in total. The fraction of sp³-hybridized carbons (Fsp3) is 0.357. The van der Waals surface area contributed by atoms with Crippen molar-refractivity contribution in [3.8, 4) is 0 Å². The normalized spacial score (nSPS) is 23.8. The van der Waals surface area contributed by atoms with Gasteiger partial charge in [0.1, 0.15) is 11.0 Å². The number of hydrogen-bond acceptors (Lipinski definition) is 7. The Morgan fingerprint density at radius 3 is 2.59 bits per heavy atom. The summed E-state index contributed by atoms with van der Waals surface area (Å²) in [5, 5.41) is 0. The number of hydrogen-bond donors (Lipinski definition) is 1. The SMILES string of the molecule is COC1C(=S)C(=O)OC1C(OC(=O)C(N)Cl)c1ccccc1. The van der Waals surface area contributed by atoms with Crippen LogP contribution in [0.4, 0.5) is 0 Å². The van der Waals surface area contributed by atoms with Crippen molar-refractivity contribution in [1.82, 2.24) is 0 Å². The second-order valence-corrected chi connectivity index (χ2v) is 5.47. The van der Waals surface area contributed by atoms with E-state index in [0.29, 0.717) is 5.56 Å². The van der Waals surface area contributed by atoms with Crippen LogP contribution in [0.25, 0.3) is 0 Å². The number of ether oxygens (including phenoxy) is 3. The maximum atomic E-state index is 11.7. The summed E-state index contributed by atoms with van der Waals surface area (Å²) >= 11 is 10.5. The van der Waals surface area contributed by atoms with Crippen LogP contribution in [0, 0.1) is 0 Å². The molecule has 4 unspecified atom stereocenters. The maximum Gasteiger partial charge on any atom is 0.348 e. The fourth-order valence-electron chi connectivity index (χ4n) is 2.13. The number of alkyl halides is 1. The minimum atomic E-state index is -1.32. The predicted molar refractivity (Wildman–Crippen MR) is 82.4 cm³/mol. The molecule has 1 aliphatic heterocycles. The van der Waals surface area contributed by atoms with Gasteiger partial charge in [-0.25, -0.2) is 9.59 Å². The van der Waals surface area contributed by atoms with Crippen LogP contribution in [0.1, 0.15) is 11.7 Å². The van der Waals surface area contributed by atoms with E-state index < -0.39 is 35.8 Å². The lowest BCUT2D eigenvalue weighted by molar-refractivity contribution is -0.165. The van der Waals surface area contributed by atoms with Gasteiger partial charge < -0.3 is 19.9 Å². The first-order valence-corrected chi connectivity index (χ1v) is 7.23. The van der Waals surface area contributed by atoms with Gasteiger partial charge in [0, 0.05) is 7.11 Å². The molecule has 1 heterocycles. The quantitative estimate of drug-likeness (QED) is 0.371. The van der Waals surface area contributed by atoms with Crippen LogP contribution >= 0.6 is 23.8 Å². The molecule has 0 radical (unpaired) electrons. The van der Waals surface area contributed by atoms with Gasteiger partial charge in [0.25, 0.3) is 0 Å².